The Hall–Kier alpha value is -3.46. The smallest absolute Gasteiger partial charge is 0.322 e. The van der Waals surface area contributed by atoms with Gasteiger partial charge in [-0.1, -0.05) is 37.3 Å². The first kappa shape index (κ1) is 22.0. The Labute approximate surface area is 203 Å². The molecule has 9 nitrogen and oxygen atoms in total. The number of nitrogens with zero attached hydrogens (tertiary/aromatic N) is 4. The molecule has 4 fully saturated rings. The van der Waals surface area contributed by atoms with Crippen LogP contribution in [0.3, 0.4) is 0 Å². The Bertz CT molecular complexity index is 1330. The normalized spacial score (nSPS) is 29.4. The van der Waals surface area contributed by atoms with Crippen LogP contribution >= 0.6 is 0 Å². The van der Waals surface area contributed by atoms with Crippen LogP contribution in [0, 0.1) is 12.3 Å². The summed E-state index contributed by atoms with van der Waals surface area (Å²) in [5.41, 5.74) is 3.03. The fraction of sp³-hybridized carbons (Fsp3) is 0.462. The van der Waals surface area contributed by atoms with E-state index in [0.29, 0.717) is 18.7 Å². The maximum atomic E-state index is 12.5. The Morgan fingerprint density at radius 2 is 2.00 bits per heavy atom. The van der Waals surface area contributed by atoms with Crippen molar-refractivity contribution in [2.24, 2.45) is 5.41 Å². The number of aliphatic carboxylic acids is 1. The molecular formula is C26H29N5O4. The number of pyridine rings is 1. The minimum absolute atomic E-state index is 0.102. The zero-order chi connectivity index (χ0) is 24.4. The third kappa shape index (κ3) is 3.40. The second-order valence-corrected chi connectivity index (χ2v) is 10.7. The lowest BCUT2D eigenvalue weighted by molar-refractivity contribution is -0.142. The second-order valence-electron chi connectivity index (χ2n) is 10.7. The summed E-state index contributed by atoms with van der Waals surface area (Å²) in [4.78, 5) is 30.6. The molecule has 0 unspecified atom stereocenters. The molecule has 1 aliphatic carbocycles. The van der Waals surface area contributed by atoms with Crippen molar-refractivity contribution in [3.63, 3.8) is 0 Å². The Kier molecular flexibility index (Phi) is 4.73. The van der Waals surface area contributed by atoms with Crippen molar-refractivity contribution < 1.29 is 19.4 Å². The summed E-state index contributed by atoms with van der Waals surface area (Å²) in [6.07, 6.45) is 4.05. The number of carbonyl (C=O) groups is 2. The number of anilines is 1. The molecule has 1 saturated carbocycles. The fourth-order valence-electron chi connectivity index (χ4n) is 6.07. The molecular weight excluding hydrogens is 446 g/mol. The number of rotatable bonds is 6. The van der Waals surface area contributed by atoms with Crippen LogP contribution in [0.5, 0.6) is 0 Å². The molecule has 0 radical (unpaired) electrons. The molecule has 4 aliphatic rings. The van der Waals surface area contributed by atoms with Crippen LogP contribution in [0.4, 0.5) is 5.69 Å². The Morgan fingerprint density at radius 1 is 1.23 bits per heavy atom. The molecule has 9 heteroatoms. The third-order valence-corrected chi connectivity index (χ3v) is 8.07. The van der Waals surface area contributed by atoms with E-state index in [-0.39, 0.29) is 24.5 Å². The number of fused-ring (bicyclic) bond motifs is 2. The molecule has 3 saturated heterocycles. The number of ether oxygens (including phenoxy) is 1. The molecule has 3 aliphatic heterocycles. The lowest BCUT2D eigenvalue weighted by atomic mass is 9.61. The lowest BCUT2D eigenvalue weighted by Gasteiger charge is -2.41. The summed E-state index contributed by atoms with van der Waals surface area (Å²) in [6, 6.07) is 12.9. The number of hydrogen-bond donors (Lipinski definition) is 2. The highest BCUT2D eigenvalue weighted by molar-refractivity contribution is 5.87. The van der Waals surface area contributed by atoms with E-state index in [1.165, 1.54) is 5.56 Å². The van der Waals surface area contributed by atoms with Gasteiger partial charge in [0, 0.05) is 31.3 Å². The van der Waals surface area contributed by atoms with Crippen molar-refractivity contribution in [3.05, 3.63) is 59.5 Å². The number of hydrogen-bond acceptors (Lipinski definition) is 6. The molecule has 182 valence electrons. The maximum Gasteiger partial charge on any atom is 0.322 e. The largest absolute Gasteiger partial charge is 0.480 e. The number of carbonyl (C=O) groups excluding carboxylic acids is 1. The highest BCUT2D eigenvalue weighted by Gasteiger charge is 2.68. The molecule has 1 aromatic carbocycles. The quantitative estimate of drug-likeness (QED) is 0.564. The van der Waals surface area contributed by atoms with Gasteiger partial charge in [-0.25, -0.2) is 9.50 Å². The molecule has 2 aromatic heterocycles. The average molecular weight is 476 g/mol. The molecule has 1 atom stereocenters. The number of aromatic nitrogens is 3. The highest BCUT2D eigenvalue weighted by Crippen LogP contribution is 2.62. The van der Waals surface area contributed by atoms with Crippen molar-refractivity contribution in [1.82, 2.24) is 19.9 Å². The zero-order valence-electron chi connectivity index (χ0n) is 20.0. The SMILES string of the molecule is Cc1cc(N2CC[C@](C)(c3ccccc3)C2)cn2nc(C34CC(C(=O)NCC(=O)O)(CO3)C4)nc12. The summed E-state index contributed by atoms with van der Waals surface area (Å²) in [5, 5.41) is 16.1. The van der Waals surface area contributed by atoms with Gasteiger partial charge in [-0.2, -0.15) is 0 Å². The second kappa shape index (κ2) is 7.52. The summed E-state index contributed by atoms with van der Waals surface area (Å²) < 4.78 is 7.88. The summed E-state index contributed by atoms with van der Waals surface area (Å²) >= 11 is 0. The van der Waals surface area contributed by atoms with E-state index in [9.17, 15) is 9.59 Å². The van der Waals surface area contributed by atoms with E-state index in [4.69, 9.17) is 19.9 Å². The van der Waals surface area contributed by atoms with Gasteiger partial charge < -0.3 is 20.1 Å². The maximum absolute atomic E-state index is 12.5. The number of carboxylic acids is 1. The van der Waals surface area contributed by atoms with E-state index in [1.54, 1.807) is 0 Å². The molecule has 35 heavy (non-hydrogen) atoms. The van der Waals surface area contributed by atoms with Crippen molar-refractivity contribution in [2.45, 2.75) is 44.1 Å². The summed E-state index contributed by atoms with van der Waals surface area (Å²) in [6.45, 7) is 6.14. The first-order valence-corrected chi connectivity index (χ1v) is 12.0. The van der Waals surface area contributed by atoms with Crippen molar-refractivity contribution in [1.29, 1.82) is 0 Å². The van der Waals surface area contributed by atoms with Crippen molar-refractivity contribution in [2.75, 3.05) is 31.1 Å². The van der Waals surface area contributed by atoms with Crippen LogP contribution in [0.25, 0.3) is 5.65 Å². The van der Waals surface area contributed by atoms with Crippen molar-refractivity contribution >= 4 is 23.2 Å². The molecule has 1 amide bonds. The average Bonchev–Trinajstić information content (AvgIpc) is 3.59. The van der Waals surface area contributed by atoms with Gasteiger partial charge >= 0.3 is 5.97 Å². The van der Waals surface area contributed by atoms with E-state index < -0.39 is 17.0 Å². The molecule has 2 N–H and O–H groups in total. The molecule has 5 heterocycles. The van der Waals surface area contributed by atoms with Gasteiger partial charge in [-0.05, 0) is 30.5 Å². The fourth-order valence-corrected chi connectivity index (χ4v) is 6.07. The van der Waals surface area contributed by atoms with Gasteiger partial charge in [0.2, 0.25) is 5.91 Å². The number of aryl methyl sites for hydroxylation is 1. The predicted molar refractivity (Wildman–Crippen MR) is 128 cm³/mol. The first-order chi connectivity index (χ1) is 16.7. The van der Waals surface area contributed by atoms with E-state index in [1.807, 2.05) is 17.6 Å². The number of carboxylic acid groups (broad SMARTS) is 1. The highest BCUT2D eigenvalue weighted by atomic mass is 16.5. The standard InChI is InChI=1S/C26H29N5O4/c1-17-10-19(30-9-8-24(2,15-30)18-6-4-3-5-7-18)12-31-21(17)28-22(29-31)26-13-25(14-26,16-35-26)23(34)27-11-20(32)33/h3-7,10,12H,8-9,11,13-16H2,1-2H3,(H,27,34)(H,32,33)/t24-,25?,26?/m0/s1. The van der Waals surface area contributed by atoms with Crippen molar-refractivity contribution in [3.8, 4) is 0 Å². The number of amides is 1. The Balaban J connectivity index is 1.23. The van der Waals surface area contributed by atoms with Gasteiger partial charge in [0.1, 0.15) is 12.1 Å². The van der Waals surface area contributed by atoms with Crippen LogP contribution in [0.15, 0.2) is 42.6 Å². The number of nitrogens with one attached hydrogen (secondary N) is 1. The topological polar surface area (TPSA) is 109 Å². The van der Waals surface area contributed by atoms with Gasteiger partial charge in [0.15, 0.2) is 11.5 Å². The Morgan fingerprint density at radius 3 is 2.74 bits per heavy atom. The van der Waals surface area contributed by atoms with Crippen LogP contribution in [0.2, 0.25) is 0 Å². The molecule has 7 rings (SSSR count). The zero-order valence-corrected chi connectivity index (χ0v) is 20.0. The van der Waals surface area contributed by atoms with Crippen LogP contribution in [0.1, 0.15) is 43.1 Å². The van der Waals surface area contributed by atoms with Crippen LogP contribution < -0.4 is 10.2 Å². The van der Waals surface area contributed by atoms with Crippen LogP contribution in [-0.2, 0) is 25.3 Å². The van der Waals surface area contributed by atoms with Gasteiger partial charge in [-0.3, -0.25) is 9.59 Å². The number of benzene rings is 1. The predicted octanol–water partition coefficient (Wildman–Crippen LogP) is 2.41. The minimum Gasteiger partial charge on any atom is -0.480 e. The van der Waals surface area contributed by atoms with E-state index >= 15 is 0 Å². The van der Waals surface area contributed by atoms with Gasteiger partial charge in [0.05, 0.1) is 23.9 Å². The minimum atomic E-state index is -1.06. The molecule has 0 spiro atoms. The van der Waals surface area contributed by atoms with E-state index in [0.717, 1.165) is 36.4 Å². The lowest BCUT2D eigenvalue weighted by Crippen LogP contribution is -2.52. The molecule has 2 bridgehead atoms. The first-order valence-electron chi connectivity index (χ1n) is 12.0. The summed E-state index contributed by atoms with van der Waals surface area (Å²) in [7, 11) is 0. The van der Waals surface area contributed by atoms with Gasteiger partial charge in [-0.15, -0.1) is 5.10 Å². The molecule has 3 aromatic rings. The summed E-state index contributed by atoms with van der Waals surface area (Å²) in [5.74, 6) is -0.743. The van der Waals surface area contributed by atoms with Gasteiger partial charge in [0.25, 0.3) is 0 Å². The van der Waals surface area contributed by atoms with E-state index in [2.05, 4.69) is 53.5 Å². The van der Waals surface area contributed by atoms with Crippen LogP contribution in [-0.4, -0.2) is 57.8 Å². The third-order valence-electron chi connectivity index (χ3n) is 8.07. The monoisotopic (exact) mass is 475 g/mol.